The van der Waals surface area contributed by atoms with Crippen molar-refractivity contribution >= 4 is 5.69 Å². The van der Waals surface area contributed by atoms with Crippen LogP contribution < -0.4 is 5.32 Å². The van der Waals surface area contributed by atoms with Crippen molar-refractivity contribution in [3.05, 3.63) is 64.2 Å². The minimum Gasteiger partial charge on any atom is -0.381 e. The van der Waals surface area contributed by atoms with Gasteiger partial charge in [0.25, 0.3) is 0 Å². The Morgan fingerprint density at radius 2 is 1.44 bits per heavy atom. The predicted molar refractivity (Wildman–Crippen MR) is 79.2 cm³/mol. The van der Waals surface area contributed by atoms with Crippen LogP contribution >= 0.6 is 0 Å². The molecule has 2 aromatic carbocycles. The summed E-state index contributed by atoms with van der Waals surface area (Å²) < 4.78 is 0. The molecular formula is C17H21N. The molecule has 0 amide bonds. The molecule has 1 N–H and O–H groups in total. The molecule has 2 rings (SSSR count). The maximum absolute atomic E-state index is 3.53. The summed E-state index contributed by atoms with van der Waals surface area (Å²) in [6, 6.07) is 12.9. The van der Waals surface area contributed by atoms with Gasteiger partial charge in [0.15, 0.2) is 0 Å². The monoisotopic (exact) mass is 239 g/mol. The highest BCUT2D eigenvalue weighted by Gasteiger charge is 2.04. The minimum absolute atomic E-state index is 0.892. The highest BCUT2D eigenvalue weighted by molar-refractivity contribution is 5.51. The van der Waals surface area contributed by atoms with Crippen molar-refractivity contribution in [3.63, 3.8) is 0 Å². The Balaban J connectivity index is 2.19. The normalized spacial score (nSPS) is 10.4. The van der Waals surface area contributed by atoms with Gasteiger partial charge in [-0.3, -0.25) is 0 Å². The van der Waals surface area contributed by atoms with Crippen LogP contribution in [0.15, 0.2) is 36.4 Å². The number of anilines is 1. The van der Waals surface area contributed by atoms with Crippen LogP contribution in [0.5, 0.6) is 0 Å². The van der Waals surface area contributed by atoms with E-state index in [0.29, 0.717) is 0 Å². The summed E-state index contributed by atoms with van der Waals surface area (Å²) in [7, 11) is 0. The van der Waals surface area contributed by atoms with Crippen LogP contribution in [-0.2, 0) is 6.54 Å². The molecule has 0 spiro atoms. The van der Waals surface area contributed by atoms with Gasteiger partial charge in [-0.2, -0.15) is 0 Å². The standard InChI is InChI=1S/C17H21N/c1-12-9-14(3)16(15(4)10-12)11-18-17-8-6-5-7-13(17)2/h5-10,18H,11H2,1-4H3. The second-order valence-corrected chi connectivity index (χ2v) is 5.05. The lowest BCUT2D eigenvalue weighted by atomic mass is 9.99. The van der Waals surface area contributed by atoms with Crippen LogP contribution in [0.2, 0.25) is 0 Å². The van der Waals surface area contributed by atoms with Crippen molar-refractivity contribution in [2.24, 2.45) is 0 Å². The molecule has 2 aromatic rings. The quantitative estimate of drug-likeness (QED) is 0.829. The van der Waals surface area contributed by atoms with E-state index < -0.39 is 0 Å². The third kappa shape index (κ3) is 2.73. The average molecular weight is 239 g/mol. The summed E-state index contributed by atoms with van der Waals surface area (Å²) in [5, 5.41) is 3.53. The summed E-state index contributed by atoms with van der Waals surface area (Å²) in [5.74, 6) is 0. The Morgan fingerprint density at radius 3 is 2.06 bits per heavy atom. The second-order valence-electron chi connectivity index (χ2n) is 5.05. The van der Waals surface area contributed by atoms with Gasteiger partial charge in [0.05, 0.1) is 0 Å². The first-order valence-corrected chi connectivity index (χ1v) is 6.44. The Labute approximate surface area is 110 Å². The van der Waals surface area contributed by atoms with Gasteiger partial charge in [0, 0.05) is 12.2 Å². The first-order chi connectivity index (χ1) is 8.58. The van der Waals surface area contributed by atoms with E-state index in [9.17, 15) is 0 Å². The van der Waals surface area contributed by atoms with Gasteiger partial charge in [-0.15, -0.1) is 0 Å². The molecule has 0 aliphatic rings. The Kier molecular flexibility index (Phi) is 3.71. The van der Waals surface area contributed by atoms with E-state index in [4.69, 9.17) is 0 Å². The molecule has 1 nitrogen and oxygen atoms in total. The highest BCUT2D eigenvalue weighted by atomic mass is 14.9. The van der Waals surface area contributed by atoms with E-state index in [0.717, 1.165) is 6.54 Å². The van der Waals surface area contributed by atoms with Crippen molar-refractivity contribution in [1.29, 1.82) is 0 Å². The van der Waals surface area contributed by atoms with Crippen LogP contribution in [0.4, 0.5) is 5.69 Å². The van der Waals surface area contributed by atoms with Crippen molar-refractivity contribution < 1.29 is 0 Å². The molecule has 94 valence electrons. The fourth-order valence-electron chi connectivity index (χ4n) is 2.44. The van der Waals surface area contributed by atoms with Crippen molar-refractivity contribution in [2.45, 2.75) is 34.2 Å². The summed E-state index contributed by atoms with van der Waals surface area (Å²) in [6.07, 6.45) is 0. The van der Waals surface area contributed by atoms with Gasteiger partial charge in [0.2, 0.25) is 0 Å². The molecule has 0 aromatic heterocycles. The molecular weight excluding hydrogens is 218 g/mol. The third-order valence-corrected chi connectivity index (χ3v) is 3.44. The maximum atomic E-state index is 3.53. The zero-order chi connectivity index (χ0) is 13.1. The first kappa shape index (κ1) is 12.7. The SMILES string of the molecule is Cc1cc(C)c(CNc2ccccc2C)c(C)c1. The predicted octanol–water partition coefficient (Wildman–Crippen LogP) is 4.53. The lowest BCUT2D eigenvalue weighted by molar-refractivity contribution is 1.08. The molecule has 0 fully saturated rings. The zero-order valence-corrected chi connectivity index (χ0v) is 11.7. The number of para-hydroxylation sites is 1. The van der Waals surface area contributed by atoms with Crippen LogP contribution in [0.25, 0.3) is 0 Å². The Bertz CT molecular complexity index is 532. The molecule has 0 aliphatic carbocycles. The molecule has 0 heterocycles. The molecule has 0 saturated carbocycles. The van der Waals surface area contributed by atoms with Gasteiger partial charge < -0.3 is 5.32 Å². The smallest absolute Gasteiger partial charge is 0.0406 e. The summed E-state index contributed by atoms with van der Waals surface area (Å²) >= 11 is 0. The number of rotatable bonds is 3. The maximum Gasteiger partial charge on any atom is 0.0406 e. The number of hydrogen-bond acceptors (Lipinski definition) is 1. The van der Waals surface area contributed by atoms with Gasteiger partial charge in [-0.05, 0) is 56.0 Å². The Hall–Kier alpha value is -1.76. The molecule has 18 heavy (non-hydrogen) atoms. The lowest BCUT2D eigenvalue weighted by Gasteiger charge is -2.14. The van der Waals surface area contributed by atoms with E-state index >= 15 is 0 Å². The molecule has 0 radical (unpaired) electrons. The molecule has 0 atom stereocenters. The van der Waals surface area contributed by atoms with Crippen LogP contribution in [0, 0.1) is 27.7 Å². The van der Waals surface area contributed by atoms with E-state index in [-0.39, 0.29) is 0 Å². The number of benzene rings is 2. The molecule has 0 aliphatic heterocycles. The van der Waals surface area contributed by atoms with Gasteiger partial charge in [-0.25, -0.2) is 0 Å². The minimum atomic E-state index is 0.892. The van der Waals surface area contributed by atoms with Crippen molar-refractivity contribution in [3.8, 4) is 0 Å². The number of nitrogens with one attached hydrogen (secondary N) is 1. The van der Waals surface area contributed by atoms with Crippen LogP contribution in [-0.4, -0.2) is 0 Å². The average Bonchev–Trinajstić information content (AvgIpc) is 2.30. The topological polar surface area (TPSA) is 12.0 Å². The third-order valence-electron chi connectivity index (χ3n) is 3.44. The summed E-state index contributed by atoms with van der Waals surface area (Å²) in [6.45, 7) is 9.56. The van der Waals surface area contributed by atoms with Gasteiger partial charge in [-0.1, -0.05) is 35.9 Å². The number of aryl methyl sites for hydroxylation is 4. The fourth-order valence-corrected chi connectivity index (χ4v) is 2.44. The van der Waals surface area contributed by atoms with E-state index in [1.165, 1.54) is 33.5 Å². The number of hydrogen-bond donors (Lipinski definition) is 1. The van der Waals surface area contributed by atoms with Crippen molar-refractivity contribution in [2.75, 3.05) is 5.32 Å². The zero-order valence-electron chi connectivity index (χ0n) is 11.7. The summed E-state index contributed by atoms with van der Waals surface area (Å²) in [4.78, 5) is 0. The van der Waals surface area contributed by atoms with Crippen LogP contribution in [0.3, 0.4) is 0 Å². The molecule has 1 heteroatoms. The first-order valence-electron chi connectivity index (χ1n) is 6.44. The van der Waals surface area contributed by atoms with Gasteiger partial charge >= 0.3 is 0 Å². The van der Waals surface area contributed by atoms with Crippen molar-refractivity contribution in [1.82, 2.24) is 0 Å². The summed E-state index contributed by atoms with van der Waals surface area (Å²) in [5.41, 5.74) is 7.99. The highest BCUT2D eigenvalue weighted by Crippen LogP contribution is 2.19. The largest absolute Gasteiger partial charge is 0.381 e. The van der Waals surface area contributed by atoms with Crippen LogP contribution in [0.1, 0.15) is 27.8 Å². The fraction of sp³-hybridized carbons (Fsp3) is 0.294. The molecule has 0 unspecified atom stereocenters. The lowest BCUT2D eigenvalue weighted by Crippen LogP contribution is -2.05. The van der Waals surface area contributed by atoms with Gasteiger partial charge in [0.1, 0.15) is 0 Å². The molecule has 0 bridgehead atoms. The second kappa shape index (κ2) is 5.26. The molecule has 0 saturated heterocycles. The Morgan fingerprint density at radius 1 is 0.833 bits per heavy atom. The van der Waals surface area contributed by atoms with E-state index in [1.54, 1.807) is 0 Å². The van der Waals surface area contributed by atoms with E-state index in [2.05, 4.69) is 69.4 Å². The van der Waals surface area contributed by atoms with E-state index in [1.807, 2.05) is 0 Å².